The number of hydrogen-bond acceptors (Lipinski definition) is 9. The van der Waals surface area contributed by atoms with Gasteiger partial charge in [-0.3, -0.25) is 28.9 Å². The Bertz CT molecular complexity index is 1680. The van der Waals surface area contributed by atoms with Gasteiger partial charge in [-0.05, 0) is 75.0 Å². The smallest absolute Gasteiger partial charge is 0.261 e. The van der Waals surface area contributed by atoms with Crippen LogP contribution in [0, 0.1) is 22.0 Å². The van der Waals surface area contributed by atoms with Crippen LogP contribution in [-0.4, -0.2) is 88.4 Å². The van der Waals surface area contributed by atoms with E-state index in [-0.39, 0.29) is 61.3 Å². The maximum atomic E-state index is 14.1. The second kappa shape index (κ2) is 23.8. The average Bonchev–Trinajstić information content (AvgIpc) is 3.83. The van der Waals surface area contributed by atoms with Gasteiger partial charge in [0.1, 0.15) is 6.04 Å². The number of hydrazine groups is 1. The lowest BCUT2D eigenvalue weighted by Gasteiger charge is -2.29. The Morgan fingerprint density at radius 2 is 1.48 bits per heavy atom. The normalized spacial score (nSPS) is 16.3. The van der Waals surface area contributed by atoms with E-state index in [9.17, 15) is 39.2 Å². The summed E-state index contributed by atoms with van der Waals surface area (Å²) in [7, 11) is 0. The molecule has 0 spiro atoms. The van der Waals surface area contributed by atoms with Crippen molar-refractivity contribution in [2.75, 3.05) is 19.6 Å². The van der Waals surface area contributed by atoms with E-state index in [1.165, 1.54) is 4.90 Å². The third kappa shape index (κ3) is 13.9. The molecule has 2 aromatic carbocycles. The van der Waals surface area contributed by atoms with Gasteiger partial charge in [-0.1, -0.05) is 99.8 Å². The van der Waals surface area contributed by atoms with Crippen molar-refractivity contribution < 1.29 is 34.1 Å². The number of rotatable bonds is 25. The van der Waals surface area contributed by atoms with Crippen molar-refractivity contribution in [1.29, 1.82) is 0 Å². The monoisotopic (exact) mass is 804 g/mol. The molecule has 0 aromatic heterocycles. The first-order chi connectivity index (χ1) is 28.0. The molecule has 0 bridgehead atoms. The summed E-state index contributed by atoms with van der Waals surface area (Å²) in [6.45, 7) is 2.68. The minimum atomic E-state index is -1.56. The van der Waals surface area contributed by atoms with Gasteiger partial charge in [0.25, 0.3) is 23.7 Å². The molecule has 16 heteroatoms. The van der Waals surface area contributed by atoms with Gasteiger partial charge in [-0.2, -0.15) is 0 Å². The molecule has 0 saturated heterocycles. The SMILES string of the molecule is CCCNC(=O)C(O)C(Cc1ccccc1)NC(=O)C(CCCN=C(N)N[N+](=O)[O-])NC(=O)C(CCCCCCCCN1C(=O)c2ccccc2C1=O)C1CCCC1. The van der Waals surface area contributed by atoms with Crippen molar-refractivity contribution in [2.45, 2.75) is 121 Å². The van der Waals surface area contributed by atoms with Crippen LogP contribution in [0.25, 0.3) is 0 Å². The molecule has 4 atom stereocenters. The molecule has 2 aliphatic rings. The predicted octanol–water partition coefficient (Wildman–Crippen LogP) is 3.80. The number of aliphatic hydroxyl groups excluding tert-OH is 1. The van der Waals surface area contributed by atoms with Crippen molar-refractivity contribution >= 4 is 35.5 Å². The minimum Gasteiger partial charge on any atom is -0.381 e. The number of carbonyl (C=O) groups is 5. The predicted molar refractivity (Wildman–Crippen MR) is 219 cm³/mol. The number of fused-ring (bicyclic) bond motifs is 1. The summed E-state index contributed by atoms with van der Waals surface area (Å²) in [4.78, 5) is 82.4. The highest BCUT2D eigenvalue weighted by Gasteiger charge is 2.36. The summed E-state index contributed by atoms with van der Waals surface area (Å²) in [5.74, 6) is -2.40. The molecule has 1 aliphatic carbocycles. The van der Waals surface area contributed by atoms with Crippen molar-refractivity contribution in [1.82, 2.24) is 26.3 Å². The third-order valence-electron chi connectivity index (χ3n) is 10.9. The van der Waals surface area contributed by atoms with Crippen molar-refractivity contribution in [3.8, 4) is 0 Å². The highest BCUT2D eigenvalue weighted by atomic mass is 16.7. The first-order valence-corrected chi connectivity index (χ1v) is 20.8. The van der Waals surface area contributed by atoms with E-state index in [1.807, 2.05) is 37.3 Å². The fraction of sp³-hybridized carbons (Fsp3) is 0.571. The lowest BCUT2D eigenvalue weighted by atomic mass is 9.85. The molecule has 7 N–H and O–H groups in total. The third-order valence-corrected chi connectivity index (χ3v) is 10.9. The number of imide groups is 1. The molecule has 1 fully saturated rings. The number of nitrogens with one attached hydrogen (secondary N) is 4. The number of nitrogens with zero attached hydrogens (tertiary/aromatic N) is 3. The van der Waals surface area contributed by atoms with Gasteiger partial charge in [0.2, 0.25) is 11.8 Å². The molecule has 1 heterocycles. The second-order valence-corrected chi connectivity index (χ2v) is 15.2. The second-order valence-electron chi connectivity index (χ2n) is 15.2. The van der Waals surface area contributed by atoms with Crippen LogP contribution in [0.2, 0.25) is 0 Å². The number of nitrogens with two attached hydrogens (primary N) is 1. The number of aliphatic imine (C=N–C) groups is 1. The van der Waals surface area contributed by atoms with E-state index >= 15 is 0 Å². The zero-order valence-corrected chi connectivity index (χ0v) is 33.5. The van der Waals surface area contributed by atoms with Crippen molar-refractivity contribution in [3.63, 3.8) is 0 Å². The first-order valence-electron chi connectivity index (χ1n) is 20.8. The van der Waals surface area contributed by atoms with E-state index in [2.05, 4.69) is 20.9 Å². The summed E-state index contributed by atoms with van der Waals surface area (Å²) in [6, 6.07) is 14.0. The summed E-state index contributed by atoms with van der Waals surface area (Å²) in [5.41, 5.74) is 9.07. The van der Waals surface area contributed by atoms with Gasteiger partial charge in [0, 0.05) is 25.6 Å². The van der Waals surface area contributed by atoms with Gasteiger partial charge in [0.15, 0.2) is 11.1 Å². The average molecular weight is 805 g/mol. The number of aliphatic hydroxyl groups is 1. The minimum absolute atomic E-state index is 0.0478. The van der Waals surface area contributed by atoms with Gasteiger partial charge < -0.3 is 26.8 Å². The quantitative estimate of drug-likeness (QED) is 0.0212. The van der Waals surface area contributed by atoms with Crippen LogP contribution in [-0.2, 0) is 20.8 Å². The van der Waals surface area contributed by atoms with Gasteiger partial charge in [-0.25, -0.2) is 15.1 Å². The zero-order chi connectivity index (χ0) is 41.9. The Kier molecular flexibility index (Phi) is 18.6. The van der Waals surface area contributed by atoms with Gasteiger partial charge in [-0.15, -0.1) is 0 Å². The van der Waals surface area contributed by atoms with E-state index in [0.717, 1.165) is 69.8 Å². The fourth-order valence-electron chi connectivity index (χ4n) is 7.82. The first kappa shape index (κ1) is 45.3. The molecule has 4 unspecified atom stereocenters. The Morgan fingerprint density at radius 1 is 0.862 bits per heavy atom. The molecule has 0 radical (unpaired) electrons. The van der Waals surface area contributed by atoms with Crippen LogP contribution in [0.3, 0.4) is 0 Å². The van der Waals surface area contributed by atoms with E-state index in [0.29, 0.717) is 37.1 Å². The molecule has 58 heavy (non-hydrogen) atoms. The van der Waals surface area contributed by atoms with Crippen LogP contribution in [0.1, 0.15) is 123 Å². The molecule has 316 valence electrons. The number of unbranched alkanes of at least 4 members (excludes halogenated alkanes) is 5. The van der Waals surface area contributed by atoms with Crippen LogP contribution < -0.4 is 27.1 Å². The lowest BCUT2D eigenvalue weighted by molar-refractivity contribution is -0.525. The van der Waals surface area contributed by atoms with Crippen molar-refractivity contribution in [2.24, 2.45) is 22.6 Å². The number of hydrogen-bond donors (Lipinski definition) is 6. The number of benzene rings is 2. The maximum absolute atomic E-state index is 14.1. The Labute approximate surface area is 340 Å². The highest BCUT2D eigenvalue weighted by Crippen LogP contribution is 2.34. The maximum Gasteiger partial charge on any atom is 0.261 e. The number of carbonyl (C=O) groups excluding carboxylic acids is 5. The largest absolute Gasteiger partial charge is 0.381 e. The topological polar surface area (TPSA) is 238 Å². The van der Waals surface area contributed by atoms with E-state index < -0.39 is 35.0 Å². The van der Waals surface area contributed by atoms with Crippen LogP contribution in [0.5, 0.6) is 0 Å². The van der Waals surface area contributed by atoms with Gasteiger partial charge in [0.05, 0.1) is 17.2 Å². The summed E-state index contributed by atoms with van der Waals surface area (Å²) in [5, 5.41) is 29.6. The molecular formula is C42H60N8O8. The Balaban J connectivity index is 1.36. The molecule has 2 aromatic rings. The van der Waals surface area contributed by atoms with E-state index in [1.54, 1.807) is 29.7 Å². The lowest BCUT2D eigenvalue weighted by Crippen LogP contribution is -2.57. The fourth-order valence-corrected chi connectivity index (χ4v) is 7.82. The highest BCUT2D eigenvalue weighted by molar-refractivity contribution is 6.21. The van der Waals surface area contributed by atoms with E-state index in [4.69, 9.17) is 5.73 Å². The zero-order valence-electron chi connectivity index (χ0n) is 33.5. The Hall–Kier alpha value is -5.38. The van der Waals surface area contributed by atoms with Crippen LogP contribution in [0.4, 0.5) is 0 Å². The Morgan fingerprint density at radius 3 is 2.12 bits per heavy atom. The summed E-state index contributed by atoms with van der Waals surface area (Å²) in [6.07, 6.45) is 9.39. The van der Waals surface area contributed by atoms with Crippen LogP contribution in [0.15, 0.2) is 59.6 Å². The molecule has 16 nitrogen and oxygen atoms in total. The molecule has 1 aliphatic heterocycles. The van der Waals surface area contributed by atoms with Crippen LogP contribution >= 0.6 is 0 Å². The summed E-state index contributed by atoms with van der Waals surface area (Å²) >= 11 is 0. The molecule has 5 amide bonds. The van der Waals surface area contributed by atoms with Gasteiger partial charge >= 0.3 is 0 Å². The number of nitro groups is 1. The molecular weight excluding hydrogens is 745 g/mol. The number of amides is 5. The molecule has 4 rings (SSSR count). The summed E-state index contributed by atoms with van der Waals surface area (Å²) < 4.78 is 0. The standard InChI is InChI=1S/C42H60N8O8/c1-2-25-44-39(54)36(51)35(28-29-17-8-7-9-18-29)47-38(53)34(24-16-26-45-42(43)48-50(57)58)46-37(52)31(30-19-11-12-20-30)21-10-5-3-4-6-15-27-49-40(55)32-22-13-14-23-33(32)41(49)56/h7-9,13-14,17-18,22-23,30-31,34-36,51H,2-6,10-12,15-16,19-21,24-28H2,1H3,(H,44,54)(H,46,52)(H,47,53)(H3,43,45,48). The van der Waals surface area contributed by atoms with Crippen molar-refractivity contribution in [3.05, 3.63) is 81.4 Å². The molecule has 1 saturated carbocycles. The number of guanidine groups is 1.